The molecule has 17 heavy (non-hydrogen) atoms. The van der Waals surface area contributed by atoms with Gasteiger partial charge >= 0.3 is 0 Å². The number of nitrogens with one attached hydrogen (secondary N) is 2. The molecule has 1 unspecified atom stereocenters. The average Bonchev–Trinajstić information content (AvgIpc) is 2.73. The summed E-state index contributed by atoms with van der Waals surface area (Å²) < 4.78 is 0. The average molecular weight is 237 g/mol. The van der Waals surface area contributed by atoms with Gasteiger partial charge in [-0.2, -0.15) is 0 Å². The fraction of sp³-hybridized carbons (Fsp3) is 0.667. The van der Waals surface area contributed by atoms with Gasteiger partial charge < -0.3 is 15.5 Å². The molecule has 0 aliphatic carbocycles. The fourth-order valence-electron chi connectivity index (χ4n) is 2.33. The third-order valence-corrected chi connectivity index (χ3v) is 3.59. The van der Waals surface area contributed by atoms with E-state index in [0.29, 0.717) is 6.54 Å². The summed E-state index contributed by atoms with van der Waals surface area (Å²) in [7, 11) is 1.62. The maximum absolute atomic E-state index is 12.3. The van der Waals surface area contributed by atoms with E-state index in [1.165, 1.54) is 0 Å². The minimum Gasteiger partial charge on any atom is -0.357 e. The van der Waals surface area contributed by atoms with Crippen LogP contribution in [0.15, 0.2) is 11.1 Å². The normalized spacial score (nSPS) is 23.3. The number of likely N-dealkylation sites (N-methyl/N-ethyl adjacent to an activating group) is 1. The van der Waals surface area contributed by atoms with Crippen molar-refractivity contribution in [2.24, 2.45) is 0 Å². The largest absolute Gasteiger partial charge is 0.357 e. The Bertz CT molecular complexity index is 370. The lowest BCUT2D eigenvalue weighted by Crippen LogP contribution is -2.46. The minimum absolute atomic E-state index is 0.0209. The van der Waals surface area contributed by atoms with E-state index in [2.05, 4.69) is 10.6 Å². The molecule has 0 aromatic carbocycles. The van der Waals surface area contributed by atoms with E-state index < -0.39 is 0 Å². The van der Waals surface area contributed by atoms with Crippen LogP contribution in [0.25, 0.3) is 0 Å². The molecule has 1 atom stereocenters. The predicted octanol–water partition coefficient (Wildman–Crippen LogP) is -0.357. The standard InChI is InChI=1S/C12H19N3O2/c1-8(9-6-14-7-9)12(17)15-5-3-4-10(15)11(16)13-2/h10,14H,3-7H2,1-2H3,(H,13,16). The second-order valence-corrected chi connectivity index (χ2v) is 4.60. The van der Waals surface area contributed by atoms with Crippen molar-refractivity contribution in [3.8, 4) is 0 Å². The molecule has 0 bridgehead atoms. The molecule has 0 radical (unpaired) electrons. The Kier molecular flexibility index (Phi) is 3.47. The SMILES string of the molecule is CNC(=O)C1CCCN1C(=O)C(C)=C1CNC1. The van der Waals surface area contributed by atoms with Gasteiger partial charge in [-0.3, -0.25) is 9.59 Å². The summed E-state index contributed by atoms with van der Waals surface area (Å²) in [4.78, 5) is 25.6. The Morgan fingerprint density at radius 1 is 1.41 bits per heavy atom. The van der Waals surface area contributed by atoms with Gasteiger partial charge in [0.15, 0.2) is 0 Å². The zero-order chi connectivity index (χ0) is 12.4. The topological polar surface area (TPSA) is 61.4 Å². The van der Waals surface area contributed by atoms with E-state index in [-0.39, 0.29) is 17.9 Å². The quantitative estimate of drug-likeness (QED) is 0.645. The third kappa shape index (κ3) is 2.20. The number of rotatable bonds is 2. The molecule has 0 spiro atoms. The molecule has 0 aromatic heterocycles. The number of carbonyl (C=O) groups excluding carboxylic acids is 2. The van der Waals surface area contributed by atoms with Crippen molar-refractivity contribution < 1.29 is 9.59 Å². The molecule has 2 rings (SSSR count). The van der Waals surface area contributed by atoms with E-state index in [1.54, 1.807) is 11.9 Å². The van der Waals surface area contributed by atoms with Crippen molar-refractivity contribution in [2.75, 3.05) is 26.7 Å². The first kappa shape index (κ1) is 12.1. The highest BCUT2D eigenvalue weighted by Crippen LogP contribution is 2.21. The summed E-state index contributed by atoms with van der Waals surface area (Å²) in [5, 5.41) is 5.75. The molecule has 2 fully saturated rings. The van der Waals surface area contributed by atoms with Crippen molar-refractivity contribution in [1.29, 1.82) is 0 Å². The van der Waals surface area contributed by atoms with Crippen LogP contribution >= 0.6 is 0 Å². The van der Waals surface area contributed by atoms with Gasteiger partial charge in [0.1, 0.15) is 6.04 Å². The smallest absolute Gasteiger partial charge is 0.250 e. The molecule has 2 aliphatic heterocycles. The molecule has 0 aromatic rings. The maximum Gasteiger partial charge on any atom is 0.250 e. The second-order valence-electron chi connectivity index (χ2n) is 4.60. The molecule has 5 heteroatoms. The van der Waals surface area contributed by atoms with Gasteiger partial charge in [-0.1, -0.05) is 0 Å². The van der Waals surface area contributed by atoms with E-state index in [1.807, 2.05) is 6.92 Å². The van der Waals surface area contributed by atoms with Gasteiger partial charge in [-0.05, 0) is 25.3 Å². The number of hydrogen-bond donors (Lipinski definition) is 2. The fourth-order valence-corrected chi connectivity index (χ4v) is 2.33. The van der Waals surface area contributed by atoms with Crippen molar-refractivity contribution in [1.82, 2.24) is 15.5 Å². The van der Waals surface area contributed by atoms with Gasteiger partial charge in [-0.15, -0.1) is 0 Å². The zero-order valence-electron chi connectivity index (χ0n) is 10.4. The summed E-state index contributed by atoms with van der Waals surface area (Å²) in [5.74, 6) is -0.0343. The second kappa shape index (κ2) is 4.87. The van der Waals surface area contributed by atoms with Crippen LogP contribution in [-0.2, 0) is 9.59 Å². The minimum atomic E-state index is -0.281. The number of hydrogen-bond acceptors (Lipinski definition) is 3. The van der Waals surface area contributed by atoms with Crippen LogP contribution in [0.5, 0.6) is 0 Å². The Labute approximate surface area is 101 Å². The lowest BCUT2D eigenvalue weighted by atomic mass is 10.0. The van der Waals surface area contributed by atoms with E-state index >= 15 is 0 Å². The van der Waals surface area contributed by atoms with Crippen molar-refractivity contribution in [3.63, 3.8) is 0 Å². The van der Waals surface area contributed by atoms with Crippen LogP contribution in [0.2, 0.25) is 0 Å². The lowest BCUT2D eigenvalue weighted by molar-refractivity contribution is -0.135. The first-order valence-electron chi connectivity index (χ1n) is 6.07. The summed E-state index contributed by atoms with van der Waals surface area (Å²) in [6, 6.07) is -0.281. The highest BCUT2D eigenvalue weighted by atomic mass is 16.2. The van der Waals surface area contributed by atoms with Crippen molar-refractivity contribution in [2.45, 2.75) is 25.8 Å². The first-order chi connectivity index (χ1) is 8.15. The Morgan fingerprint density at radius 3 is 2.65 bits per heavy atom. The first-order valence-corrected chi connectivity index (χ1v) is 6.07. The molecule has 0 saturated carbocycles. The highest BCUT2D eigenvalue weighted by molar-refractivity contribution is 5.97. The monoisotopic (exact) mass is 237 g/mol. The molecular formula is C12H19N3O2. The molecule has 2 aliphatic rings. The summed E-state index contributed by atoms with van der Waals surface area (Å²) in [5.41, 5.74) is 1.97. The van der Waals surface area contributed by atoms with Crippen molar-refractivity contribution >= 4 is 11.8 Å². The number of amides is 2. The maximum atomic E-state index is 12.3. The zero-order valence-corrected chi connectivity index (χ0v) is 10.4. The summed E-state index contributed by atoms with van der Waals surface area (Å²) >= 11 is 0. The van der Waals surface area contributed by atoms with Crippen LogP contribution in [0.1, 0.15) is 19.8 Å². The summed E-state index contributed by atoms with van der Waals surface area (Å²) in [6.45, 7) is 4.15. The lowest BCUT2D eigenvalue weighted by Gasteiger charge is -2.27. The van der Waals surface area contributed by atoms with E-state index in [4.69, 9.17) is 0 Å². The van der Waals surface area contributed by atoms with E-state index in [9.17, 15) is 9.59 Å². The molecule has 2 amide bonds. The van der Waals surface area contributed by atoms with Gasteiger partial charge in [0.2, 0.25) is 11.8 Å². The molecule has 94 valence electrons. The van der Waals surface area contributed by atoms with Crippen LogP contribution in [0.4, 0.5) is 0 Å². The van der Waals surface area contributed by atoms with Crippen LogP contribution in [-0.4, -0.2) is 49.4 Å². The van der Waals surface area contributed by atoms with Crippen LogP contribution in [0.3, 0.4) is 0 Å². The number of nitrogens with zero attached hydrogens (tertiary/aromatic N) is 1. The Balaban J connectivity index is 2.10. The predicted molar refractivity (Wildman–Crippen MR) is 64.4 cm³/mol. The van der Waals surface area contributed by atoms with E-state index in [0.717, 1.165) is 37.1 Å². The molecular weight excluding hydrogens is 218 g/mol. The third-order valence-electron chi connectivity index (χ3n) is 3.59. The van der Waals surface area contributed by atoms with Gasteiger partial charge in [0.05, 0.1) is 0 Å². The molecule has 2 heterocycles. The molecule has 5 nitrogen and oxygen atoms in total. The van der Waals surface area contributed by atoms with Gasteiger partial charge in [0.25, 0.3) is 0 Å². The van der Waals surface area contributed by atoms with Crippen LogP contribution < -0.4 is 10.6 Å². The Morgan fingerprint density at radius 2 is 2.12 bits per heavy atom. The number of likely N-dealkylation sites (tertiary alicyclic amines) is 1. The number of carbonyl (C=O) groups is 2. The molecule has 2 saturated heterocycles. The highest BCUT2D eigenvalue weighted by Gasteiger charge is 2.34. The van der Waals surface area contributed by atoms with Crippen molar-refractivity contribution in [3.05, 3.63) is 11.1 Å². The van der Waals surface area contributed by atoms with Crippen LogP contribution in [0, 0.1) is 0 Å². The Hall–Kier alpha value is -1.36. The van der Waals surface area contributed by atoms with Gasteiger partial charge in [-0.25, -0.2) is 0 Å². The molecule has 2 N–H and O–H groups in total. The summed E-state index contributed by atoms with van der Waals surface area (Å²) in [6.07, 6.45) is 1.68. The van der Waals surface area contributed by atoms with Gasteiger partial charge in [0, 0.05) is 32.3 Å².